The summed E-state index contributed by atoms with van der Waals surface area (Å²) >= 11 is 0. The molecule has 0 radical (unpaired) electrons. The smallest absolute Gasteiger partial charge is 0.213 e. The number of nitrogens with zero attached hydrogens (tertiary/aromatic N) is 2. The van der Waals surface area contributed by atoms with E-state index in [2.05, 4.69) is 28.2 Å². The third-order valence-corrected chi connectivity index (χ3v) is 4.56. The SMILES string of the molecule is COc1cccc(CN2CCNCC2(C)C2CC2)n1. The van der Waals surface area contributed by atoms with Crippen LogP contribution < -0.4 is 10.1 Å². The minimum absolute atomic E-state index is 0.295. The third kappa shape index (κ3) is 2.60. The van der Waals surface area contributed by atoms with Gasteiger partial charge in [0.25, 0.3) is 0 Å². The van der Waals surface area contributed by atoms with Crippen LogP contribution in [0.25, 0.3) is 0 Å². The van der Waals surface area contributed by atoms with Crippen LogP contribution in [-0.4, -0.2) is 42.2 Å². The number of methoxy groups -OCH3 is 1. The van der Waals surface area contributed by atoms with Gasteiger partial charge in [-0.05, 0) is 31.7 Å². The van der Waals surface area contributed by atoms with Crippen molar-refractivity contribution in [3.63, 3.8) is 0 Å². The Kier molecular flexibility index (Phi) is 3.46. The van der Waals surface area contributed by atoms with Gasteiger partial charge in [-0.2, -0.15) is 0 Å². The molecule has 1 aliphatic heterocycles. The van der Waals surface area contributed by atoms with E-state index >= 15 is 0 Å². The van der Waals surface area contributed by atoms with E-state index in [0.717, 1.165) is 37.8 Å². The Morgan fingerprint density at radius 2 is 2.32 bits per heavy atom. The van der Waals surface area contributed by atoms with Gasteiger partial charge >= 0.3 is 0 Å². The third-order valence-electron chi connectivity index (χ3n) is 4.56. The van der Waals surface area contributed by atoms with Crippen LogP contribution >= 0.6 is 0 Å². The zero-order valence-electron chi connectivity index (χ0n) is 11.9. The second-order valence-corrected chi connectivity index (χ2v) is 5.90. The summed E-state index contributed by atoms with van der Waals surface area (Å²) in [6.45, 7) is 6.60. The van der Waals surface area contributed by atoms with Crippen LogP contribution in [0.5, 0.6) is 5.88 Å². The summed E-state index contributed by atoms with van der Waals surface area (Å²) in [5.74, 6) is 1.56. The van der Waals surface area contributed by atoms with Gasteiger partial charge in [-0.25, -0.2) is 4.98 Å². The lowest BCUT2D eigenvalue weighted by Crippen LogP contribution is -2.60. The highest BCUT2D eigenvalue weighted by atomic mass is 16.5. The van der Waals surface area contributed by atoms with E-state index in [1.807, 2.05) is 12.1 Å². The standard InChI is InChI=1S/C15H23N3O/c1-15(12-6-7-12)11-16-8-9-18(15)10-13-4-3-5-14(17-13)19-2/h3-5,12,16H,6-11H2,1-2H3. The molecule has 0 bridgehead atoms. The minimum atomic E-state index is 0.295. The number of ether oxygens (including phenoxy) is 1. The number of hydrogen-bond donors (Lipinski definition) is 1. The molecule has 1 aromatic heterocycles. The molecule has 1 unspecified atom stereocenters. The highest BCUT2D eigenvalue weighted by molar-refractivity contribution is 5.16. The average molecular weight is 261 g/mol. The van der Waals surface area contributed by atoms with E-state index in [4.69, 9.17) is 4.74 Å². The predicted octanol–water partition coefficient (Wildman–Crippen LogP) is 1.66. The second kappa shape index (κ2) is 5.10. The van der Waals surface area contributed by atoms with E-state index in [1.54, 1.807) is 7.11 Å². The lowest BCUT2D eigenvalue weighted by atomic mass is 9.91. The van der Waals surface area contributed by atoms with Crippen molar-refractivity contribution >= 4 is 0 Å². The summed E-state index contributed by atoms with van der Waals surface area (Å²) in [6, 6.07) is 6.02. The molecule has 0 aromatic carbocycles. The van der Waals surface area contributed by atoms with Crippen LogP contribution in [0.4, 0.5) is 0 Å². The molecule has 1 aromatic rings. The lowest BCUT2D eigenvalue weighted by molar-refractivity contribution is 0.0472. The monoisotopic (exact) mass is 261 g/mol. The lowest BCUT2D eigenvalue weighted by Gasteiger charge is -2.45. The van der Waals surface area contributed by atoms with Crippen LogP contribution in [0, 0.1) is 5.92 Å². The molecule has 2 heterocycles. The Bertz CT molecular complexity index is 447. The maximum atomic E-state index is 5.21. The van der Waals surface area contributed by atoms with E-state index in [1.165, 1.54) is 12.8 Å². The van der Waals surface area contributed by atoms with Crippen LogP contribution in [0.15, 0.2) is 18.2 Å². The Hall–Kier alpha value is -1.13. The largest absolute Gasteiger partial charge is 0.481 e. The summed E-state index contributed by atoms with van der Waals surface area (Å²) in [5.41, 5.74) is 1.40. The topological polar surface area (TPSA) is 37.4 Å². The van der Waals surface area contributed by atoms with Gasteiger partial charge < -0.3 is 10.1 Å². The van der Waals surface area contributed by atoms with Crippen molar-refractivity contribution in [3.05, 3.63) is 23.9 Å². The van der Waals surface area contributed by atoms with Crippen molar-refractivity contribution in [2.24, 2.45) is 5.92 Å². The van der Waals surface area contributed by atoms with E-state index in [-0.39, 0.29) is 0 Å². The first-order chi connectivity index (χ1) is 9.22. The molecule has 19 heavy (non-hydrogen) atoms. The molecular formula is C15H23N3O. The first-order valence-corrected chi connectivity index (χ1v) is 7.18. The van der Waals surface area contributed by atoms with Gasteiger partial charge in [-0.15, -0.1) is 0 Å². The number of pyridine rings is 1. The summed E-state index contributed by atoms with van der Waals surface area (Å²) in [7, 11) is 1.67. The molecule has 1 atom stereocenters. The summed E-state index contributed by atoms with van der Waals surface area (Å²) < 4.78 is 5.21. The Morgan fingerprint density at radius 1 is 1.47 bits per heavy atom. The number of aromatic nitrogens is 1. The van der Waals surface area contributed by atoms with Gasteiger partial charge in [0.1, 0.15) is 0 Å². The van der Waals surface area contributed by atoms with E-state index in [9.17, 15) is 0 Å². The first kappa shape index (κ1) is 12.9. The fraction of sp³-hybridized carbons (Fsp3) is 0.667. The van der Waals surface area contributed by atoms with Gasteiger partial charge in [0, 0.05) is 37.8 Å². The molecule has 0 amide bonds. The van der Waals surface area contributed by atoms with E-state index in [0.29, 0.717) is 11.4 Å². The van der Waals surface area contributed by atoms with Crippen LogP contribution in [0.2, 0.25) is 0 Å². The Balaban J connectivity index is 1.76. The van der Waals surface area contributed by atoms with Crippen molar-refractivity contribution < 1.29 is 4.74 Å². The van der Waals surface area contributed by atoms with Crippen molar-refractivity contribution in [2.75, 3.05) is 26.7 Å². The molecule has 1 saturated carbocycles. The number of rotatable bonds is 4. The summed E-state index contributed by atoms with van der Waals surface area (Å²) in [6.07, 6.45) is 2.75. The summed E-state index contributed by atoms with van der Waals surface area (Å²) in [4.78, 5) is 7.15. The quantitative estimate of drug-likeness (QED) is 0.894. The van der Waals surface area contributed by atoms with Gasteiger partial charge in [0.15, 0.2) is 0 Å². The zero-order chi connectivity index (χ0) is 13.3. The predicted molar refractivity (Wildman–Crippen MR) is 75.2 cm³/mol. The molecule has 0 spiro atoms. The maximum absolute atomic E-state index is 5.21. The van der Waals surface area contributed by atoms with Crippen molar-refractivity contribution in [1.82, 2.24) is 15.2 Å². The van der Waals surface area contributed by atoms with Gasteiger partial charge in [0.2, 0.25) is 5.88 Å². The van der Waals surface area contributed by atoms with E-state index < -0.39 is 0 Å². The Morgan fingerprint density at radius 3 is 3.05 bits per heavy atom. The zero-order valence-corrected chi connectivity index (χ0v) is 11.9. The molecule has 2 aliphatic rings. The molecule has 104 valence electrons. The molecule has 4 heteroatoms. The number of hydrogen-bond acceptors (Lipinski definition) is 4. The van der Waals surface area contributed by atoms with Gasteiger partial charge in [0.05, 0.1) is 12.8 Å². The molecule has 1 N–H and O–H groups in total. The molecule has 2 fully saturated rings. The fourth-order valence-electron chi connectivity index (χ4n) is 3.14. The maximum Gasteiger partial charge on any atom is 0.213 e. The number of piperazine rings is 1. The van der Waals surface area contributed by atoms with Crippen molar-refractivity contribution in [3.8, 4) is 5.88 Å². The van der Waals surface area contributed by atoms with Gasteiger partial charge in [-0.1, -0.05) is 6.07 Å². The highest BCUT2D eigenvalue weighted by Gasteiger charge is 2.46. The minimum Gasteiger partial charge on any atom is -0.481 e. The number of nitrogens with one attached hydrogen (secondary N) is 1. The van der Waals surface area contributed by atoms with Crippen molar-refractivity contribution in [1.29, 1.82) is 0 Å². The molecular weight excluding hydrogens is 238 g/mol. The van der Waals surface area contributed by atoms with Crippen LogP contribution in [0.1, 0.15) is 25.5 Å². The van der Waals surface area contributed by atoms with Crippen molar-refractivity contribution in [2.45, 2.75) is 31.8 Å². The normalized spacial score (nSPS) is 28.3. The highest BCUT2D eigenvalue weighted by Crippen LogP contribution is 2.43. The van der Waals surface area contributed by atoms with Crippen LogP contribution in [-0.2, 0) is 6.54 Å². The van der Waals surface area contributed by atoms with Gasteiger partial charge in [-0.3, -0.25) is 4.90 Å². The summed E-state index contributed by atoms with van der Waals surface area (Å²) in [5, 5.41) is 3.55. The molecule has 4 nitrogen and oxygen atoms in total. The second-order valence-electron chi connectivity index (χ2n) is 5.90. The average Bonchev–Trinajstić information content (AvgIpc) is 3.27. The Labute approximate surface area is 115 Å². The van der Waals surface area contributed by atoms with Crippen LogP contribution in [0.3, 0.4) is 0 Å². The fourth-order valence-corrected chi connectivity index (χ4v) is 3.14. The molecule has 3 rings (SSSR count). The molecule has 1 saturated heterocycles. The molecule has 1 aliphatic carbocycles. The first-order valence-electron chi connectivity index (χ1n) is 7.18.